The molecule has 0 atom stereocenters. The summed E-state index contributed by atoms with van der Waals surface area (Å²) in [5, 5.41) is 14.8. The fraction of sp³-hybridized carbons (Fsp3) is 0.316. The number of ether oxygens (including phenoxy) is 1. The fourth-order valence-corrected chi connectivity index (χ4v) is 4.18. The Hall–Kier alpha value is -2.58. The van der Waals surface area contributed by atoms with E-state index in [2.05, 4.69) is 0 Å². The standard InChI is InChI=1S/C19H22N2O5S/c1-26-15-6-4-13(5-7-15)10-16-17(21-8-2-3-9-21)11-14(19(22)23)12-18(16)27(20,24)25/h4-7,11-12H,2-3,8-10H2,1H3,(H,22,23)(H2,20,24,25). The molecule has 0 bridgehead atoms. The topological polar surface area (TPSA) is 110 Å². The van der Waals surface area contributed by atoms with Crippen LogP contribution in [0.25, 0.3) is 0 Å². The molecule has 0 aromatic heterocycles. The third-order valence-corrected chi connectivity index (χ3v) is 5.70. The highest BCUT2D eigenvalue weighted by Gasteiger charge is 2.25. The number of nitrogens with zero attached hydrogens (tertiary/aromatic N) is 1. The van der Waals surface area contributed by atoms with Crippen LogP contribution in [0.3, 0.4) is 0 Å². The van der Waals surface area contributed by atoms with Gasteiger partial charge in [0.2, 0.25) is 10.0 Å². The van der Waals surface area contributed by atoms with Crippen LogP contribution >= 0.6 is 0 Å². The van der Waals surface area contributed by atoms with Crippen molar-refractivity contribution in [2.75, 3.05) is 25.1 Å². The first-order chi connectivity index (χ1) is 12.8. The molecule has 1 aliphatic rings. The number of sulfonamides is 1. The first kappa shape index (κ1) is 19.2. The van der Waals surface area contributed by atoms with Crippen molar-refractivity contribution in [3.8, 4) is 5.75 Å². The zero-order valence-corrected chi connectivity index (χ0v) is 15.8. The molecule has 3 rings (SSSR count). The highest BCUT2D eigenvalue weighted by Crippen LogP contribution is 2.33. The number of rotatable bonds is 6. The van der Waals surface area contributed by atoms with Crippen molar-refractivity contribution in [2.45, 2.75) is 24.2 Å². The maximum atomic E-state index is 12.2. The summed E-state index contributed by atoms with van der Waals surface area (Å²) >= 11 is 0. The van der Waals surface area contributed by atoms with Crippen molar-refractivity contribution in [3.63, 3.8) is 0 Å². The molecule has 2 aromatic carbocycles. The van der Waals surface area contributed by atoms with Crippen molar-refractivity contribution in [2.24, 2.45) is 5.14 Å². The average Bonchev–Trinajstić information content (AvgIpc) is 3.15. The molecule has 2 aromatic rings. The number of carbonyl (C=O) groups is 1. The summed E-state index contributed by atoms with van der Waals surface area (Å²) in [7, 11) is -2.52. The van der Waals surface area contributed by atoms with E-state index in [4.69, 9.17) is 9.88 Å². The van der Waals surface area contributed by atoms with Crippen molar-refractivity contribution >= 4 is 21.7 Å². The highest BCUT2D eigenvalue weighted by molar-refractivity contribution is 7.89. The Kier molecular flexibility index (Phi) is 5.38. The van der Waals surface area contributed by atoms with Gasteiger partial charge in [-0.05, 0) is 48.2 Å². The number of carboxylic acids is 1. The number of benzene rings is 2. The predicted octanol–water partition coefficient (Wildman–Crippen LogP) is 2.23. The molecule has 0 unspecified atom stereocenters. The number of anilines is 1. The molecule has 27 heavy (non-hydrogen) atoms. The maximum Gasteiger partial charge on any atom is 0.335 e. The SMILES string of the molecule is COc1ccc(Cc2c(N3CCCC3)cc(C(=O)O)cc2S(N)(=O)=O)cc1. The third-order valence-electron chi connectivity index (χ3n) is 4.73. The molecule has 0 radical (unpaired) electrons. The summed E-state index contributed by atoms with van der Waals surface area (Å²) in [5.74, 6) is -0.484. The Bertz CT molecular complexity index is 949. The molecule has 3 N–H and O–H groups in total. The van der Waals surface area contributed by atoms with E-state index in [9.17, 15) is 18.3 Å². The van der Waals surface area contributed by atoms with Gasteiger partial charge in [-0.2, -0.15) is 0 Å². The monoisotopic (exact) mass is 390 g/mol. The smallest absolute Gasteiger partial charge is 0.335 e. The number of hydrogen-bond donors (Lipinski definition) is 2. The van der Waals surface area contributed by atoms with Crippen LogP contribution < -0.4 is 14.8 Å². The second kappa shape index (κ2) is 7.58. The molecule has 0 spiro atoms. The lowest BCUT2D eigenvalue weighted by Gasteiger charge is -2.24. The zero-order valence-electron chi connectivity index (χ0n) is 15.0. The van der Waals surface area contributed by atoms with Crippen molar-refractivity contribution in [3.05, 3.63) is 53.1 Å². The number of methoxy groups -OCH3 is 1. The quantitative estimate of drug-likeness (QED) is 0.783. The molecule has 1 saturated heterocycles. The summed E-state index contributed by atoms with van der Waals surface area (Å²) in [6.45, 7) is 1.51. The Morgan fingerprint density at radius 3 is 2.33 bits per heavy atom. The van der Waals surface area contributed by atoms with Gasteiger partial charge in [-0.3, -0.25) is 0 Å². The second-order valence-electron chi connectivity index (χ2n) is 6.54. The van der Waals surface area contributed by atoms with Gasteiger partial charge in [-0.25, -0.2) is 18.4 Å². The Labute approximate surface area is 158 Å². The molecule has 0 aliphatic carbocycles. The summed E-state index contributed by atoms with van der Waals surface area (Å²) in [6.07, 6.45) is 2.27. The van der Waals surface area contributed by atoms with Gasteiger partial charge in [-0.1, -0.05) is 12.1 Å². The molecule has 7 nitrogen and oxygen atoms in total. The van der Waals surface area contributed by atoms with E-state index in [0.717, 1.165) is 37.6 Å². The van der Waals surface area contributed by atoms with Crippen LogP contribution in [0, 0.1) is 0 Å². The molecule has 1 fully saturated rings. The molecule has 1 heterocycles. The van der Waals surface area contributed by atoms with E-state index in [-0.39, 0.29) is 10.5 Å². The maximum absolute atomic E-state index is 12.2. The van der Waals surface area contributed by atoms with E-state index in [0.29, 0.717) is 23.4 Å². The molecular formula is C19H22N2O5S. The summed E-state index contributed by atoms with van der Waals surface area (Å²) in [6, 6.07) is 9.99. The average molecular weight is 390 g/mol. The number of aromatic carboxylic acids is 1. The van der Waals surface area contributed by atoms with Gasteiger partial charge in [-0.15, -0.1) is 0 Å². The van der Waals surface area contributed by atoms with Gasteiger partial charge < -0.3 is 14.7 Å². The molecule has 0 amide bonds. The zero-order chi connectivity index (χ0) is 19.6. The van der Waals surface area contributed by atoms with Gasteiger partial charge in [0.25, 0.3) is 0 Å². The van der Waals surface area contributed by atoms with Crippen LogP contribution in [-0.2, 0) is 16.4 Å². The normalized spacial score (nSPS) is 14.4. The third kappa shape index (κ3) is 4.23. The van der Waals surface area contributed by atoms with Crippen molar-refractivity contribution in [1.82, 2.24) is 0 Å². The number of nitrogens with two attached hydrogens (primary N) is 1. The van der Waals surface area contributed by atoms with Gasteiger partial charge in [0, 0.05) is 25.2 Å². The molecule has 144 valence electrons. The van der Waals surface area contributed by atoms with Crippen LogP contribution in [0.1, 0.15) is 34.3 Å². The van der Waals surface area contributed by atoms with Crippen molar-refractivity contribution < 1.29 is 23.1 Å². The first-order valence-corrected chi connectivity index (χ1v) is 10.1. The largest absolute Gasteiger partial charge is 0.497 e. The second-order valence-corrected chi connectivity index (χ2v) is 8.07. The summed E-state index contributed by atoms with van der Waals surface area (Å²) in [5.41, 5.74) is 1.94. The predicted molar refractivity (Wildman–Crippen MR) is 102 cm³/mol. The van der Waals surface area contributed by atoms with Crippen LogP contribution in [-0.4, -0.2) is 39.7 Å². The van der Waals surface area contributed by atoms with Gasteiger partial charge >= 0.3 is 5.97 Å². The molecular weight excluding hydrogens is 368 g/mol. The fourth-order valence-electron chi connectivity index (χ4n) is 3.37. The lowest BCUT2D eigenvalue weighted by atomic mass is 10.00. The Morgan fingerprint density at radius 1 is 1.19 bits per heavy atom. The first-order valence-electron chi connectivity index (χ1n) is 8.60. The van der Waals surface area contributed by atoms with E-state index in [1.807, 2.05) is 17.0 Å². The van der Waals surface area contributed by atoms with Crippen LogP contribution in [0.2, 0.25) is 0 Å². The van der Waals surface area contributed by atoms with E-state index >= 15 is 0 Å². The number of hydrogen-bond acceptors (Lipinski definition) is 5. The van der Waals surface area contributed by atoms with Gasteiger partial charge in [0.15, 0.2) is 0 Å². The van der Waals surface area contributed by atoms with E-state index < -0.39 is 16.0 Å². The highest BCUT2D eigenvalue weighted by atomic mass is 32.2. The van der Waals surface area contributed by atoms with E-state index in [1.54, 1.807) is 25.3 Å². The van der Waals surface area contributed by atoms with Gasteiger partial charge in [0.05, 0.1) is 17.6 Å². The molecule has 1 aliphatic heterocycles. The Balaban J connectivity index is 2.16. The number of carboxylic acid groups (broad SMARTS) is 1. The lowest BCUT2D eigenvalue weighted by molar-refractivity contribution is 0.0696. The summed E-state index contributed by atoms with van der Waals surface area (Å²) in [4.78, 5) is 13.4. The minimum absolute atomic E-state index is 0.0839. The van der Waals surface area contributed by atoms with Crippen molar-refractivity contribution in [1.29, 1.82) is 0 Å². The molecule has 8 heteroatoms. The van der Waals surface area contributed by atoms with Gasteiger partial charge in [0.1, 0.15) is 5.75 Å². The van der Waals surface area contributed by atoms with E-state index in [1.165, 1.54) is 0 Å². The summed E-state index contributed by atoms with van der Waals surface area (Å²) < 4.78 is 29.6. The van der Waals surface area contributed by atoms with Crippen LogP contribution in [0.5, 0.6) is 5.75 Å². The number of primary sulfonamides is 1. The lowest BCUT2D eigenvalue weighted by Crippen LogP contribution is -2.23. The van der Waals surface area contributed by atoms with Crippen LogP contribution in [0.4, 0.5) is 5.69 Å². The molecule has 0 saturated carbocycles. The minimum atomic E-state index is -4.09. The minimum Gasteiger partial charge on any atom is -0.497 e. The van der Waals surface area contributed by atoms with Crippen LogP contribution in [0.15, 0.2) is 41.3 Å². The Morgan fingerprint density at radius 2 is 1.81 bits per heavy atom.